The Morgan fingerprint density at radius 2 is 1.74 bits per heavy atom. The smallest absolute Gasteiger partial charge is 0.488 e. The zero-order chi connectivity index (χ0) is 21.6. The Morgan fingerprint density at radius 1 is 0.935 bits per heavy atom. The van der Waals surface area contributed by atoms with Crippen molar-refractivity contribution in [3.8, 4) is 22.6 Å². The fourth-order valence-electron chi connectivity index (χ4n) is 4.00. The predicted molar refractivity (Wildman–Crippen MR) is 124 cm³/mol. The van der Waals surface area contributed by atoms with Gasteiger partial charge in [0.2, 0.25) is 0 Å². The van der Waals surface area contributed by atoms with E-state index in [4.69, 9.17) is 14.8 Å². The fourth-order valence-corrected chi connectivity index (χ4v) is 4.00. The molecule has 0 amide bonds. The summed E-state index contributed by atoms with van der Waals surface area (Å²) in [6.07, 6.45) is 1.04. The third kappa shape index (κ3) is 5.20. The molecule has 0 aromatic heterocycles. The van der Waals surface area contributed by atoms with Crippen molar-refractivity contribution in [1.82, 2.24) is 5.32 Å². The summed E-state index contributed by atoms with van der Waals surface area (Å²) in [6.45, 7) is 3.79. The van der Waals surface area contributed by atoms with Crippen LogP contribution in [0, 0.1) is 0 Å². The highest BCUT2D eigenvalue weighted by Crippen LogP contribution is 2.37. The van der Waals surface area contributed by atoms with E-state index in [0.717, 1.165) is 49.5 Å². The van der Waals surface area contributed by atoms with Crippen LogP contribution in [-0.4, -0.2) is 54.6 Å². The Labute approximate surface area is 182 Å². The second-order valence-corrected chi connectivity index (χ2v) is 7.71. The lowest BCUT2D eigenvalue weighted by atomic mass is 9.81. The highest BCUT2D eigenvalue weighted by Gasteiger charge is 2.27. The molecule has 1 fully saturated rings. The van der Waals surface area contributed by atoms with E-state index in [1.165, 1.54) is 5.69 Å². The van der Waals surface area contributed by atoms with Gasteiger partial charge >= 0.3 is 7.12 Å². The topological polar surface area (TPSA) is 85.2 Å². The molecule has 6 nitrogen and oxygen atoms in total. The van der Waals surface area contributed by atoms with Gasteiger partial charge in [0.1, 0.15) is 11.5 Å². The SMILES string of the molecule is OB(O)c1ccccc1.Oc1cccc(-c2ccc3c(c2)N2CCNC[C@@H]2CCO3)c1. The molecule has 31 heavy (non-hydrogen) atoms. The van der Waals surface area contributed by atoms with E-state index < -0.39 is 7.12 Å². The minimum atomic E-state index is -1.34. The number of fused-ring (bicyclic) bond motifs is 3. The number of benzene rings is 3. The molecule has 4 N–H and O–H groups in total. The van der Waals surface area contributed by atoms with Gasteiger partial charge in [-0.2, -0.15) is 0 Å². The van der Waals surface area contributed by atoms with Crippen LogP contribution in [0.4, 0.5) is 5.69 Å². The molecule has 0 radical (unpaired) electrons. The molecule has 7 heteroatoms. The number of phenolic OH excluding ortho intramolecular Hbond substituents is 1. The summed E-state index contributed by atoms with van der Waals surface area (Å²) in [5, 5.41) is 30.3. The van der Waals surface area contributed by atoms with Crippen LogP contribution < -0.4 is 20.4 Å². The summed E-state index contributed by atoms with van der Waals surface area (Å²) in [4.78, 5) is 2.46. The van der Waals surface area contributed by atoms with Gasteiger partial charge < -0.3 is 30.1 Å². The zero-order valence-electron chi connectivity index (χ0n) is 17.3. The second-order valence-electron chi connectivity index (χ2n) is 7.71. The summed E-state index contributed by atoms with van der Waals surface area (Å²) >= 11 is 0. The first-order valence-corrected chi connectivity index (χ1v) is 10.6. The molecule has 0 bridgehead atoms. The summed E-state index contributed by atoms with van der Waals surface area (Å²) < 4.78 is 5.94. The number of nitrogens with one attached hydrogen (secondary N) is 1. The Kier molecular flexibility index (Phi) is 6.77. The average Bonchev–Trinajstić information content (AvgIpc) is 2.99. The van der Waals surface area contributed by atoms with Crippen molar-refractivity contribution in [1.29, 1.82) is 0 Å². The quantitative estimate of drug-likeness (QED) is 0.477. The van der Waals surface area contributed by atoms with E-state index in [2.05, 4.69) is 28.4 Å². The molecule has 3 aromatic rings. The van der Waals surface area contributed by atoms with Gasteiger partial charge in [0, 0.05) is 32.1 Å². The molecule has 1 saturated heterocycles. The van der Waals surface area contributed by atoms with E-state index in [-0.39, 0.29) is 0 Å². The Hall–Kier alpha value is -3.00. The third-order valence-electron chi connectivity index (χ3n) is 5.60. The van der Waals surface area contributed by atoms with Gasteiger partial charge in [0.15, 0.2) is 0 Å². The van der Waals surface area contributed by atoms with Crippen molar-refractivity contribution in [2.24, 2.45) is 0 Å². The number of nitrogens with zero attached hydrogens (tertiary/aromatic N) is 1. The molecular weight excluding hydrogens is 391 g/mol. The molecule has 2 aliphatic rings. The van der Waals surface area contributed by atoms with Gasteiger partial charge in [-0.15, -0.1) is 0 Å². The van der Waals surface area contributed by atoms with E-state index in [1.54, 1.807) is 36.4 Å². The maximum absolute atomic E-state index is 9.70. The number of hydrogen-bond acceptors (Lipinski definition) is 6. The summed E-state index contributed by atoms with van der Waals surface area (Å²) in [6, 6.07) is 22.9. The van der Waals surface area contributed by atoms with Gasteiger partial charge in [0.05, 0.1) is 12.3 Å². The minimum Gasteiger partial charge on any atom is -0.508 e. The maximum atomic E-state index is 9.70. The van der Waals surface area contributed by atoms with Crippen LogP contribution in [0.3, 0.4) is 0 Å². The van der Waals surface area contributed by atoms with Crippen LogP contribution >= 0.6 is 0 Å². The molecule has 2 aliphatic heterocycles. The van der Waals surface area contributed by atoms with Crippen LogP contribution in [0.2, 0.25) is 0 Å². The standard InChI is InChI=1S/C18H20N2O2.C6H7BO2/c21-16-3-1-2-13(10-16)14-4-5-18-17(11-14)20-8-7-19-12-15(20)6-9-22-18;8-7(9)6-4-2-1-3-5-6/h1-5,10-11,15,19,21H,6-9,12H2;1-5,8-9H/t15-;/m0./s1. The summed E-state index contributed by atoms with van der Waals surface area (Å²) in [7, 11) is -1.34. The normalized spacial score (nSPS) is 17.2. The van der Waals surface area contributed by atoms with Gasteiger partial charge in [-0.05, 0) is 40.9 Å². The zero-order valence-corrected chi connectivity index (χ0v) is 17.3. The van der Waals surface area contributed by atoms with Crippen molar-refractivity contribution in [2.45, 2.75) is 12.5 Å². The number of aromatic hydroxyl groups is 1. The monoisotopic (exact) mass is 418 g/mol. The highest BCUT2D eigenvalue weighted by atomic mass is 16.5. The van der Waals surface area contributed by atoms with E-state index >= 15 is 0 Å². The highest BCUT2D eigenvalue weighted by molar-refractivity contribution is 6.58. The number of ether oxygens (including phenoxy) is 1. The van der Waals surface area contributed by atoms with Gasteiger partial charge in [-0.3, -0.25) is 0 Å². The lowest BCUT2D eigenvalue weighted by molar-refractivity contribution is 0.304. The molecule has 0 aliphatic carbocycles. The van der Waals surface area contributed by atoms with Crippen molar-refractivity contribution in [2.75, 3.05) is 31.1 Å². The lowest BCUT2D eigenvalue weighted by Gasteiger charge is -2.36. The van der Waals surface area contributed by atoms with Crippen LogP contribution in [0.1, 0.15) is 6.42 Å². The molecule has 3 aromatic carbocycles. The number of piperazine rings is 1. The van der Waals surface area contributed by atoms with Crippen LogP contribution in [-0.2, 0) is 0 Å². The maximum Gasteiger partial charge on any atom is 0.488 e. The average molecular weight is 418 g/mol. The first-order valence-electron chi connectivity index (χ1n) is 10.6. The van der Waals surface area contributed by atoms with Crippen LogP contribution in [0.5, 0.6) is 11.5 Å². The fraction of sp³-hybridized carbons (Fsp3) is 0.250. The molecular formula is C24H27BN2O4. The Morgan fingerprint density at radius 3 is 2.48 bits per heavy atom. The first kappa shape index (κ1) is 21.2. The molecule has 160 valence electrons. The van der Waals surface area contributed by atoms with Crippen LogP contribution in [0.15, 0.2) is 72.8 Å². The molecule has 1 atom stereocenters. The van der Waals surface area contributed by atoms with E-state index in [0.29, 0.717) is 17.3 Å². The Balaban J connectivity index is 0.000000217. The lowest BCUT2D eigenvalue weighted by Crippen LogP contribution is -2.51. The number of anilines is 1. The van der Waals surface area contributed by atoms with E-state index in [1.807, 2.05) is 18.2 Å². The van der Waals surface area contributed by atoms with Crippen molar-refractivity contribution >= 4 is 18.3 Å². The summed E-state index contributed by atoms with van der Waals surface area (Å²) in [5.41, 5.74) is 3.83. The largest absolute Gasteiger partial charge is 0.508 e. The number of rotatable bonds is 2. The van der Waals surface area contributed by atoms with Gasteiger partial charge in [0.25, 0.3) is 0 Å². The Bertz CT molecular complexity index is 1000. The first-order chi connectivity index (χ1) is 15.1. The molecule has 0 unspecified atom stereocenters. The van der Waals surface area contributed by atoms with Gasteiger partial charge in [-0.1, -0.05) is 48.5 Å². The molecule has 0 spiro atoms. The summed E-state index contributed by atoms with van der Waals surface area (Å²) in [5.74, 6) is 1.26. The van der Waals surface area contributed by atoms with Gasteiger partial charge in [-0.25, -0.2) is 0 Å². The van der Waals surface area contributed by atoms with Crippen LogP contribution in [0.25, 0.3) is 11.1 Å². The second kappa shape index (κ2) is 9.87. The third-order valence-corrected chi connectivity index (χ3v) is 5.60. The molecule has 5 rings (SSSR count). The van der Waals surface area contributed by atoms with E-state index in [9.17, 15) is 5.11 Å². The molecule has 2 heterocycles. The van der Waals surface area contributed by atoms with Crippen molar-refractivity contribution < 1.29 is 19.9 Å². The van der Waals surface area contributed by atoms with Crippen molar-refractivity contribution in [3.05, 3.63) is 72.8 Å². The number of hydrogen-bond donors (Lipinski definition) is 4. The minimum absolute atomic E-state index is 0.295. The molecule has 0 saturated carbocycles. The number of phenols is 1. The predicted octanol–water partition coefficient (Wildman–Crippen LogP) is 1.99. The van der Waals surface area contributed by atoms with Crippen molar-refractivity contribution in [3.63, 3.8) is 0 Å².